The number of ether oxygens (including phenoxy) is 3. The second-order valence-corrected chi connectivity index (χ2v) is 7.31. The monoisotopic (exact) mass is 388 g/mol. The van der Waals surface area contributed by atoms with Gasteiger partial charge in [0.1, 0.15) is 25.1 Å². The molecule has 0 radical (unpaired) electrons. The predicted molar refractivity (Wildman–Crippen MR) is 98.5 cm³/mol. The molecule has 150 valence electrons. The number of carbonyl (C=O) groups excluding carboxylic acids is 3. The molecular weight excluding hydrogens is 364 g/mol. The van der Waals surface area contributed by atoms with E-state index in [4.69, 9.17) is 9.47 Å². The van der Waals surface area contributed by atoms with Gasteiger partial charge in [-0.05, 0) is 55.4 Å². The Morgan fingerprint density at radius 1 is 1.11 bits per heavy atom. The first-order valence-electron chi connectivity index (χ1n) is 9.42. The van der Waals surface area contributed by atoms with Crippen molar-refractivity contribution in [3.05, 3.63) is 42.5 Å². The minimum absolute atomic E-state index is 0.0138. The summed E-state index contributed by atoms with van der Waals surface area (Å²) in [5.41, 5.74) is 0.259. The zero-order chi connectivity index (χ0) is 20.1. The summed E-state index contributed by atoms with van der Waals surface area (Å²) in [6, 6.07) is 6.08. The molecule has 0 aliphatic heterocycles. The smallest absolute Gasteiger partial charge is 0.338 e. The zero-order valence-electron chi connectivity index (χ0n) is 15.5. The van der Waals surface area contributed by atoms with Crippen molar-refractivity contribution < 1.29 is 33.7 Å². The molecule has 7 heteroatoms. The highest BCUT2D eigenvalue weighted by molar-refractivity contribution is 5.89. The molecule has 2 bridgehead atoms. The van der Waals surface area contributed by atoms with Gasteiger partial charge in [0.15, 0.2) is 0 Å². The predicted octanol–water partition coefficient (Wildman–Crippen LogP) is 2.28. The molecule has 4 atom stereocenters. The summed E-state index contributed by atoms with van der Waals surface area (Å²) in [4.78, 5) is 35.3. The number of aliphatic hydroxyl groups excluding tert-OH is 1. The van der Waals surface area contributed by atoms with Crippen LogP contribution >= 0.6 is 0 Å². The second kappa shape index (κ2) is 9.01. The zero-order valence-corrected chi connectivity index (χ0v) is 15.5. The number of hydrogen-bond donors (Lipinski definition) is 1. The fourth-order valence-corrected chi connectivity index (χ4v) is 3.92. The van der Waals surface area contributed by atoms with E-state index in [1.807, 2.05) is 0 Å². The third kappa shape index (κ3) is 4.98. The number of benzene rings is 1. The topological polar surface area (TPSA) is 99.1 Å². The van der Waals surface area contributed by atoms with Gasteiger partial charge in [0, 0.05) is 6.08 Å². The van der Waals surface area contributed by atoms with Crippen LogP contribution in [-0.4, -0.2) is 42.3 Å². The standard InChI is InChI=1S/C21H24O7/c1-2-19(23)26-11-16(22)12-27-20(24)14-5-7-17(8-6-14)28-21(25)18-10-13-3-4-15(18)9-13/h2,5-8,13,15-16,18,22H,1,3-4,9-12H2. The molecule has 7 nitrogen and oxygen atoms in total. The van der Waals surface area contributed by atoms with Crippen molar-refractivity contribution in [2.45, 2.75) is 31.8 Å². The van der Waals surface area contributed by atoms with Crippen LogP contribution in [0.25, 0.3) is 0 Å². The highest BCUT2D eigenvalue weighted by Crippen LogP contribution is 2.48. The van der Waals surface area contributed by atoms with Crippen LogP contribution in [-0.2, 0) is 19.1 Å². The number of hydrogen-bond acceptors (Lipinski definition) is 7. The molecule has 0 amide bonds. The van der Waals surface area contributed by atoms with E-state index in [-0.39, 0.29) is 30.7 Å². The van der Waals surface area contributed by atoms with E-state index in [0.717, 1.165) is 25.3 Å². The van der Waals surface area contributed by atoms with Crippen molar-refractivity contribution in [3.8, 4) is 5.75 Å². The Labute approximate surface area is 163 Å². The highest BCUT2D eigenvalue weighted by atomic mass is 16.6. The summed E-state index contributed by atoms with van der Waals surface area (Å²) in [6.07, 6.45) is 4.21. The summed E-state index contributed by atoms with van der Waals surface area (Å²) in [7, 11) is 0. The van der Waals surface area contributed by atoms with Gasteiger partial charge in [-0.15, -0.1) is 0 Å². The fourth-order valence-electron chi connectivity index (χ4n) is 3.92. The average molecular weight is 388 g/mol. The molecule has 1 N–H and O–H groups in total. The largest absolute Gasteiger partial charge is 0.460 e. The molecule has 0 saturated heterocycles. The highest BCUT2D eigenvalue weighted by Gasteiger charge is 2.44. The van der Waals surface area contributed by atoms with E-state index in [0.29, 0.717) is 17.6 Å². The maximum Gasteiger partial charge on any atom is 0.338 e. The molecule has 2 saturated carbocycles. The Hall–Kier alpha value is -2.67. The van der Waals surface area contributed by atoms with E-state index in [2.05, 4.69) is 11.3 Å². The molecular formula is C21H24O7. The van der Waals surface area contributed by atoms with Gasteiger partial charge in [-0.25, -0.2) is 9.59 Å². The SMILES string of the molecule is C=CC(=O)OCC(O)COC(=O)c1ccc(OC(=O)C2CC3CCC2C3)cc1. The molecule has 0 aromatic heterocycles. The van der Waals surface area contributed by atoms with Crippen molar-refractivity contribution in [1.29, 1.82) is 0 Å². The van der Waals surface area contributed by atoms with Crippen LogP contribution in [0.4, 0.5) is 0 Å². The third-order valence-electron chi connectivity index (χ3n) is 5.34. The van der Waals surface area contributed by atoms with Gasteiger partial charge in [0.2, 0.25) is 0 Å². The van der Waals surface area contributed by atoms with Gasteiger partial charge in [0.05, 0.1) is 11.5 Å². The van der Waals surface area contributed by atoms with Crippen LogP contribution in [0, 0.1) is 17.8 Å². The molecule has 2 aliphatic carbocycles. The first-order chi connectivity index (χ1) is 13.5. The second-order valence-electron chi connectivity index (χ2n) is 7.31. The average Bonchev–Trinajstić information content (AvgIpc) is 3.34. The lowest BCUT2D eigenvalue weighted by atomic mass is 9.89. The number of aliphatic hydroxyl groups is 1. The van der Waals surface area contributed by atoms with Crippen molar-refractivity contribution >= 4 is 17.9 Å². The van der Waals surface area contributed by atoms with E-state index in [9.17, 15) is 19.5 Å². The number of esters is 3. The van der Waals surface area contributed by atoms with Crippen LogP contribution in [0.1, 0.15) is 36.0 Å². The molecule has 2 fully saturated rings. The summed E-state index contributed by atoms with van der Waals surface area (Å²) < 4.78 is 15.1. The minimum Gasteiger partial charge on any atom is -0.460 e. The first-order valence-corrected chi connectivity index (χ1v) is 9.42. The lowest BCUT2D eigenvalue weighted by molar-refractivity contribution is -0.141. The minimum atomic E-state index is -1.13. The maximum atomic E-state index is 12.3. The summed E-state index contributed by atoms with van der Waals surface area (Å²) >= 11 is 0. The third-order valence-corrected chi connectivity index (χ3v) is 5.34. The lowest BCUT2D eigenvalue weighted by Gasteiger charge is -2.19. The van der Waals surface area contributed by atoms with Crippen LogP contribution in [0.2, 0.25) is 0 Å². The van der Waals surface area contributed by atoms with Crippen LogP contribution in [0.15, 0.2) is 36.9 Å². The molecule has 0 spiro atoms. The molecule has 4 unspecified atom stereocenters. The van der Waals surface area contributed by atoms with E-state index >= 15 is 0 Å². The quantitative estimate of drug-likeness (QED) is 0.414. The van der Waals surface area contributed by atoms with Gasteiger partial charge in [0.25, 0.3) is 0 Å². The molecule has 1 aromatic carbocycles. The van der Waals surface area contributed by atoms with Gasteiger partial charge >= 0.3 is 17.9 Å². The summed E-state index contributed by atoms with van der Waals surface area (Å²) in [5, 5.41) is 9.63. The molecule has 28 heavy (non-hydrogen) atoms. The molecule has 0 heterocycles. The maximum absolute atomic E-state index is 12.3. The van der Waals surface area contributed by atoms with Crippen molar-refractivity contribution in [2.75, 3.05) is 13.2 Å². The lowest BCUT2D eigenvalue weighted by Crippen LogP contribution is -2.25. The van der Waals surface area contributed by atoms with Crippen LogP contribution in [0.5, 0.6) is 5.75 Å². The molecule has 1 aromatic rings. The van der Waals surface area contributed by atoms with Gasteiger partial charge in [-0.1, -0.05) is 13.0 Å². The van der Waals surface area contributed by atoms with Gasteiger partial charge < -0.3 is 19.3 Å². The van der Waals surface area contributed by atoms with Crippen molar-refractivity contribution in [3.63, 3.8) is 0 Å². The summed E-state index contributed by atoms with van der Waals surface area (Å²) in [5.74, 6) is -0.0132. The van der Waals surface area contributed by atoms with Gasteiger partial charge in [-0.3, -0.25) is 4.79 Å². The number of carbonyl (C=O) groups is 3. The molecule has 2 aliphatic rings. The van der Waals surface area contributed by atoms with E-state index < -0.39 is 18.0 Å². The van der Waals surface area contributed by atoms with Crippen LogP contribution in [0.3, 0.4) is 0 Å². The Morgan fingerprint density at radius 2 is 1.82 bits per heavy atom. The Balaban J connectivity index is 1.44. The van der Waals surface area contributed by atoms with Crippen molar-refractivity contribution in [1.82, 2.24) is 0 Å². The summed E-state index contributed by atoms with van der Waals surface area (Å²) in [6.45, 7) is 2.63. The number of fused-ring (bicyclic) bond motifs is 2. The normalized spacial score (nSPS) is 23.7. The Bertz CT molecular complexity index is 740. The van der Waals surface area contributed by atoms with E-state index in [1.165, 1.54) is 18.6 Å². The van der Waals surface area contributed by atoms with Crippen LogP contribution < -0.4 is 4.74 Å². The number of rotatable bonds is 8. The fraction of sp³-hybridized carbons (Fsp3) is 0.476. The molecule has 3 rings (SSSR count). The first kappa shape index (κ1) is 20.1. The van der Waals surface area contributed by atoms with Crippen molar-refractivity contribution in [2.24, 2.45) is 17.8 Å². The van der Waals surface area contributed by atoms with Gasteiger partial charge in [-0.2, -0.15) is 0 Å². The Morgan fingerprint density at radius 3 is 2.43 bits per heavy atom. The van der Waals surface area contributed by atoms with E-state index in [1.54, 1.807) is 12.1 Å². The Kier molecular flexibility index (Phi) is 6.46.